The molecule has 3 heteroatoms. The molecule has 14 heavy (non-hydrogen) atoms. The summed E-state index contributed by atoms with van der Waals surface area (Å²) in [4.78, 5) is 0. The topological polar surface area (TPSA) is 41.5 Å². The number of ether oxygens (including phenoxy) is 1. The van der Waals surface area contributed by atoms with Crippen LogP contribution in [0, 0.1) is 11.3 Å². The Morgan fingerprint density at radius 3 is 2.43 bits per heavy atom. The number of nitrogens with one attached hydrogen (secondary N) is 1. The van der Waals surface area contributed by atoms with Crippen LogP contribution in [0.4, 0.5) is 0 Å². The van der Waals surface area contributed by atoms with Crippen molar-refractivity contribution in [3.8, 4) is 0 Å². The molecule has 0 amide bonds. The van der Waals surface area contributed by atoms with E-state index in [2.05, 4.69) is 26.1 Å². The molecule has 0 aliphatic carbocycles. The van der Waals surface area contributed by atoms with Crippen molar-refractivity contribution in [2.45, 2.75) is 33.2 Å². The summed E-state index contributed by atoms with van der Waals surface area (Å²) in [6.07, 6.45) is 1.04. The van der Waals surface area contributed by atoms with Crippen molar-refractivity contribution < 1.29 is 9.84 Å². The van der Waals surface area contributed by atoms with Gasteiger partial charge in [0.25, 0.3) is 0 Å². The smallest absolute Gasteiger partial charge is 0.0584 e. The van der Waals surface area contributed by atoms with E-state index < -0.39 is 0 Å². The number of hydrogen-bond acceptors (Lipinski definition) is 3. The summed E-state index contributed by atoms with van der Waals surface area (Å²) in [5, 5.41) is 12.6. The lowest BCUT2D eigenvalue weighted by Crippen LogP contribution is -2.50. The van der Waals surface area contributed by atoms with Gasteiger partial charge in [-0.2, -0.15) is 0 Å². The van der Waals surface area contributed by atoms with E-state index in [0.717, 1.165) is 26.2 Å². The third-order valence-electron chi connectivity index (χ3n) is 2.69. The van der Waals surface area contributed by atoms with Crippen LogP contribution in [0.3, 0.4) is 0 Å². The minimum Gasteiger partial charge on any atom is -0.395 e. The van der Waals surface area contributed by atoms with Gasteiger partial charge in [-0.05, 0) is 12.3 Å². The van der Waals surface area contributed by atoms with Crippen LogP contribution in [0.25, 0.3) is 0 Å². The zero-order chi connectivity index (χ0) is 10.6. The molecule has 0 aromatic rings. The second-order valence-corrected chi connectivity index (χ2v) is 5.19. The second-order valence-electron chi connectivity index (χ2n) is 5.19. The van der Waals surface area contributed by atoms with Crippen molar-refractivity contribution >= 4 is 0 Å². The minimum atomic E-state index is 0.231. The first-order valence-corrected chi connectivity index (χ1v) is 5.48. The summed E-state index contributed by atoms with van der Waals surface area (Å²) in [5.41, 5.74) is 0.296. The van der Waals surface area contributed by atoms with Crippen molar-refractivity contribution in [3.05, 3.63) is 0 Å². The van der Waals surface area contributed by atoms with Crippen LogP contribution in [-0.4, -0.2) is 37.5 Å². The molecule has 1 fully saturated rings. The fourth-order valence-corrected chi connectivity index (χ4v) is 1.73. The SMILES string of the molecule is CC(C)CC(CO)NCC1(C)COC1. The van der Waals surface area contributed by atoms with Crippen LogP contribution in [0.2, 0.25) is 0 Å². The van der Waals surface area contributed by atoms with Crippen LogP contribution in [0.5, 0.6) is 0 Å². The van der Waals surface area contributed by atoms with Crippen LogP contribution in [0.15, 0.2) is 0 Å². The molecule has 0 saturated carbocycles. The zero-order valence-corrected chi connectivity index (χ0v) is 9.55. The Bertz CT molecular complexity index is 167. The van der Waals surface area contributed by atoms with Crippen molar-refractivity contribution in [1.29, 1.82) is 0 Å². The molecule has 0 aromatic carbocycles. The second kappa shape index (κ2) is 5.10. The Labute approximate surface area is 86.8 Å². The number of hydrogen-bond donors (Lipinski definition) is 2. The van der Waals surface area contributed by atoms with Gasteiger partial charge in [0.15, 0.2) is 0 Å². The predicted octanol–water partition coefficient (Wildman–Crippen LogP) is 1.02. The lowest BCUT2D eigenvalue weighted by Gasteiger charge is -2.39. The van der Waals surface area contributed by atoms with Crippen molar-refractivity contribution in [3.63, 3.8) is 0 Å². The molecule has 0 bridgehead atoms. The summed E-state index contributed by atoms with van der Waals surface area (Å²) < 4.78 is 5.18. The summed E-state index contributed by atoms with van der Waals surface area (Å²) >= 11 is 0. The lowest BCUT2D eigenvalue weighted by molar-refractivity contribution is -0.101. The van der Waals surface area contributed by atoms with Crippen LogP contribution in [-0.2, 0) is 4.74 Å². The Morgan fingerprint density at radius 2 is 2.07 bits per heavy atom. The Balaban J connectivity index is 2.19. The maximum atomic E-state index is 9.17. The van der Waals surface area contributed by atoms with E-state index in [0.29, 0.717) is 11.3 Å². The summed E-state index contributed by atoms with van der Waals surface area (Å²) in [5.74, 6) is 0.630. The Hall–Kier alpha value is -0.120. The van der Waals surface area contributed by atoms with Gasteiger partial charge in [-0.3, -0.25) is 0 Å². The highest BCUT2D eigenvalue weighted by Gasteiger charge is 2.33. The fraction of sp³-hybridized carbons (Fsp3) is 1.00. The molecular weight excluding hydrogens is 178 g/mol. The maximum Gasteiger partial charge on any atom is 0.0584 e. The molecule has 1 rings (SSSR count). The maximum absolute atomic E-state index is 9.17. The number of aliphatic hydroxyl groups excluding tert-OH is 1. The van der Waals surface area contributed by atoms with Crippen LogP contribution in [0.1, 0.15) is 27.2 Å². The van der Waals surface area contributed by atoms with Gasteiger partial charge in [0.05, 0.1) is 19.8 Å². The molecule has 1 heterocycles. The average molecular weight is 201 g/mol. The summed E-state index contributed by atoms with van der Waals surface area (Å²) in [6, 6.07) is 0.243. The summed E-state index contributed by atoms with van der Waals surface area (Å²) in [7, 11) is 0. The first-order chi connectivity index (χ1) is 6.56. The molecule has 84 valence electrons. The molecule has 0 radical (unpaired) electrons. The van der Waals surface area contributed by atoms with Crippen LogP contribution >= 0.6 is 0 Å². The van der Waals surface area contributed by atoms with Gasteiger partial charge >= 0.3 is 0 Å². The molecule has 1 aliphatic heterocycles. The van der Waals surface area contributed by atoms with E-state index in [1.165, 1.54) is 0 Å². The van der Waals surface area contributed by atoms with E-state index >= 15 is 0 Å². The molecule has 1 atom stereocenters. The summed E-state index contributed by atoms with van der Waals surface area (Å²) in [6.45, 7) is 9.45. The molecule has 2 N–H and O–H groups in total. The van der Waals surface area contributed by atoms with Crippen molar-refractivity contribution in [2.24, 2.45) is 11.3 Å². The van der Waals surface area contributed by atoms with Gasteiger partial charge in [-0.15, -0.1) is 0 Å². The molecule has 1 unspecified atom stereocenters. The standard InChI is InChI=1S/C11H23NO2/c1-9(2)4-10(5-13)12-6-11(3)7-14-8-11/h9-10,12-13H,4-8H2,1-3H3. The third kappa shape index (κ3) is 3.56. The van der Waals surface area contributed by atoms with E-state index in [9.17, 15) is 0 Å². The van der Waals surface area contributed by atoms with E-state index in [1.807, 2.05) is 0 Å². The van der Waals surface area contributed by atoms with Gasteiger partial charge in [-0.25, -0.2) is 0 Å². The first-order valence-electron chi connectivity index (χ1n) is 5.48. The molecular formula is C11H23NO2. The highest BCUT2D eigenvalue weighted by Crippen LogP contribution is 2.25. The fourth-order valence-electron chi connectivity index (χ4n) is 1.73. The van der Waals surface area contributed by atoms with Crippen LogP contribution < -0.4 is 5.32 Å². The van der Waals surface area contributed by atoms with Gasteiger partial charge in [0.1, 0.15) is 0 Å². The first kappa shape index (κ1) is 12.0. The van der Waals surface area contributed by atoms with Gasteiger partial charge in [0.2, 0.25) is 0 Å². The highest BCUT2D eigenvalue weighted by atomic mass is 16.5. The minimum absolute atomic E-state index is 0.231. The van der Waals surface area contributed by atoms with E-state index in [-0.39, 0.29) is 12.6 Å². The quantitative estimate of drug-likeness (QED) is 0.674. The molecule has 0 aromatic heterocycles. The molecule has 1 saturated heterocycles. The normalized spacial score (nSPS) is 22.1. The molecule has 1 aliphatic rings. The largest absolute Gasteiger partial charge is 0.395 e. The third-order valence-corrected chi connectivity index (χ3v) is 2.69. The monoisotopic (exact) mass is 201 g/mol. The zero-order valence-electron chi connectivity index (χ0n) is 9.55. The lowest BCUT2D eigenvalue weighted by atomic mass is 9.88. The molecule has 0 spiro atoms. The van der Waals surface area contributed by atoms with Crippen molar-refractivity contribution in [2.75, 3.05) is 26.4 Å². The molecule has 3 nitrogen and oxygen atoms in total. The average Bonchev–Trinajstić information content (AvgIpc) is 2.08. The van der Waals surface area contributed by atoms with Gasteiger partial charge in [0, 0.05) is 18.0 Å². The number of aliphatic hydroxyl groups is 1. The van der Waals surface area contributed by atoms with E-state index in [1.54, 1.807) is 0 Å². The Morgan fingerprint density at radius 1 is 1.43 bits per heavy atom. The van der Waals surface area contributed by atoms with Gasteiger partial charge < -0.3 is 15.2 Å². The Kier molecular flexibility index (Phi) is 4.35. The van der Waals surface area contributed by atoms with Gasteiger partial charge in [-0.1, -0.05) is 20.8 Å². The highest BCUT2D eigenvalue weighted by molar-refractivity contribution is 4.84. The van der Waals surface area contributed by atoms with E-state index in [4.69, 9.17) is 9.84 Å². The predicted molar refractivity (Wildman–Crippen MR) is 57.3 cm³/mol. The number of rotatable bonds is 6. The van der Waals surface area contributed by atoms with Crippen molar-refractivity contribution in [1.82, 2.24) is 5.32 Å².